The number of carbonyl (C=O) groups excluding carboxylic acids is 4. The molecule has 7 heteroatoms. The number of hydrogen-bond donors (Lipinski definition) is 1. The van der Waals surface area contributed by atoms with Crippen molar-refractivity contribution in [2.45, 2.75) is 25.8 Å². The minimum Gasteiger partial charge on any atom is -0.295 e. The molecule has 0 aromatic heterocycles. The Kier molecular flexibility index (Phi) is 2.86. The number of hydrogen-bond acceptors (Lipinski definition) is 4. The van der Waals surface area contributed by atoms with E-state index in [1.807, 2.05) is 0 Å². The molecule has 6 nitrogen and oxygen atoms in total. The fourth-order valence-corrected chi connectivity index (χ4v) is 2.69. The fraction of sp³-hybridized carbons (Fsp3) is 0.286. The molecule has 1 aromatic rings. The maximum absolute atomic E-state index is 13.6. The third-order valence-corrected chi connectivity index (χ3v) is 3.80. The highest BCUT2D eigenvalue weighted by Gasteiger charge is 2.45. The van der Waals surface area contributed by atoms with Crippen molar-refractivity contribution in [1.82, 2.24) is 10.2 Å². The molecule has 0 spiro atoms. The molecule has 1 N–H and O–H groups in total. The first-order valence-electron chi connectivity index (χ1n) is 6.42. The first kappa shape index (κ1) is 13.4. The lowest BCUT2D eigenvalue weighted by molar-refractivity contribution is -0.136. The molecule has 2 heterocycles. The molecular formula is C14H11FN2O4. The number of imide groups is 2. The van der Waals surface area contributed by atoms with E-state index >= 15 is 0 Å². The molecule has 0 radical (unpaired) electrons. The molecule has 3 rings (SSSR count). The number of halogens is 1. The Balaban J connectivity index is 2.02. The molecule has 2 aliphatic heterocycles. The van der Waals surface area contributed by atoms with Crippen molar-refractivity contribution in [3.8, 4) is 0 Å². The second-order valence-corrected chi connectivity index (χ2v) is 5.04. The van der Waals surface area contributed by atoms with Crippen LogP contribution in [0.25, 0.3) is 0 Å². The molecule has 21 heavy (non-hydrogen) atoms. The molecule has 1 saturated heterocycles. The van der Waals surface area contributed by atoms with Gasteiger partial charge in [0.1, 0.15) is 11.9 Å². The molecule has 1 fully saturated rings. The van der Waals surface area contributed by atoms with E-state index < -0.39 is 35.5 Å². The van der Waals surface area contributed by atoms with Crippen molar-refractivity contribution >= 4 is 23.6 Å². The Bertz CT molecular complexity index is 713. The van der Waals surface area contributed by atoms with Crippen LogP contribution >= 0.6 is 0 Å². The van der Waals surface area contributed by atoms with Crippen molar-refractivity contribution < 1.29 is 23.6 Å². The molecule has 1 unspecified atom stereocenters. The number of benzene rings is 1. The summed E-state index contributed by atoms with van der Waals surface area (Å²) >= 11 is 0. The van der Waals surface area contributed by atoms with Crippen LogP contribution < -0.4 is 5.32 Å². The molecule has 108 valence electrons. The van der Waals surface area contributed by atoms with Gasteiger partial charge in [-0.05, 0) is 31.0 Å². The van der Waals surface area contributed by atoms with Gasteiger partial charge in [0.15, 0.2) is 0 Å². The smallest absolute Gasteiger partial charge is 0.262 e. The maximum atomic E-state index is 13.6. The molecular weight excluding hydrogens is 279 g/mol. The lowest BCUT2D eigenvalue weighted by Crippen LogP contribution is -2.54. The summed E-state index contributed by atoms with van der Waals surface area (Å²) in [6, 6.07) is 1.33. The van der Waals surface area contributed by atoms with Crippen molar-refractivity contribution in [3.05, 3.63) is 34.6 Å². The number of nitrogens with one attached hydrogen (secondary N) is 1. The minimum absolute atomic E-state index is 0.00954. The second kappa shape index (κ2) is 4.47. The molecule has 2 aliphatic rings. The van der Waals surface area contributed by atoms with Crippen molar-refractivity contribution in [1.29, 1.82) is 0 Å². The van der Waals surface area contributed by atoms with Crippen molar-refractivity contribution in [2.24, 2.45) is 0 Å². The first-order valence-corrected chi connectivity index (χ1v) is 6.42. The topological polar surface area (TPSA) is 83.6 Å². The van der Waals surface area contributed by atoms with E-state index in [1.54, 1.807) is 0 Å². The molecule has 0 bridgehead atoms. The number of carbonyl (C=O) groups is 4. The molecule has 1 atom stereocenters. The minimum atomic E-state index is -1.03. The normalized spacial score (nSPS) is 21.6. The van der Waals surface area contributed by atoms with Crippen LogP contribution in [0.1, 0.15) is 39.1 Å². The van der Waals surface area contributed by atoms with Crippen LogP contribution in [0.15, 0.2) is 12.1 Å². The summed E-state index contributed by atoms with van der Waals surface area (Å²) in [4.78, 5) is 48.5. The third kappa shape index (κ3) is 1.84. The van der Waals surface area contributed by atoms with Gasteiger partial charge in [-0.2, -0.15) is 0 Å². The largest absolute Gasteiger partial charge is 0.295 e. The lowest BCUT2D eigenvalue weighted by atomic mass is 10.0. The van der Waals surface area contributed by atoms with Crippen LogP contribution in [-0.2, 0) is 9.59 Å². The van der Waals surface area contributed by atoms with Gasteiger partial charge in [-0.15, -0.1) is 0 Å². The van der Waals surface area contributed by atoms with Crippen LogP contribution in [0.2, 0.25) is 0 Å². The number of amides is 4. The molecule has 0 aliphatic carbocycles. The van der Waals surface area contributed by atoms with Crippen molar-refractivity contribution in [3.63, 3.8) is 0 Å². The Morgan fingerprint density at radius 3 is 2.57 bits per heavy atom. The van der Waals surface area contributed by atoms with Gasteiger partial charge < -0.3 is 0 Å². The van der Waals surface area contributed by atoms with Gasteiger partial charge in [0.25, 0.3) is 11.8 Å². The highest BCUT2D eigenvalue weighted by molar-refractivity contribution is 6.24. The molecule has 1 aromatic carbocycles. The molecule has 4 amide bonds. The highest BCUT2D eigenvalue weighted by Crippen LogP contribution is 2.30. The van der Waals surface area contributed by atoms with E-state index in [-0.39, 0.29) is 29.5 Å². The Hall–Kier alpha value is -2.57. The quantitative estimate of drug-likeness (QED) is 0.765. The highest BCUT2D eigenvalue weighted by atomic mass is 19.1. The van der Waals surface area contributed by atoms with E-state index in [9.17, 15) is 23.6 Å². The number of piperidine rings is 1. The van der Waals surface area contributed by atoms with Gasteiger partial charge >= 0.3 is 0 Å². The number of nitrogens with zero attached hydrogens (tertiary/aromatic N) is 1. The van der Waals surface area contributed by atoms with Crippen LogP contribution in [0.3, 0.4) is 0 Å². The first-order chi connectivity index (χ1) is 9.91. The van der Waals surface area contributed by atoms with Gasteiger partial charge in [-0.25, -0.2) is 4.39 Å². The van der Waals surface area contributed by atoms with E-state index in [0.717, 1.165) is 11.0 Å². The zero-order valence-corrected chi connectivity index (χ0v) is 11.1. The van der Waals surface area contributed by atoms with Gasteiger partial charge in [-0.3, -0.25) is 29.4 Å². The second-order valence-electron chi connectivity index (χ2n) is 5.04. The summed E-state index contributed by atoms with van der Waals surface area (Å²) < 4.78 is 13.6. The van der Waals surface area contributed by atoms with Gasteiger partial charge in [0, 0.05) is 6.42 Å². The van der Waals surface area contributed by atoms with Crippen LogP contribution in [0.4, 0.5) is 4.39 Å². The van der Waals surface area contributed by atoms with Crippen molar-refractivity contribution in [2.75, 3.05) is 0 Å². The summed E-state index contributed by atoms with van der Waals surface area (Å²) in [6.07, 6.45) is 0.134. The average Bonchev–Trinajstić information content (AvgIpc) is 2.67. The summed E-state index contributed by atoms with van der Waals surface area (Å²) in [6.45, 7) is 1.41. The molecule has 0 saturated carbocycles. The maximum Gasteiger partial charge on any atom is 0.262 e. The van der Waals surface area contributed by atoms with Gasteiger partial charge in [0.2, 0.25) is 11.8 Å². The average molecular weight is 290 g/mol. The standard InChI is InChI=1S/C14H11FN2O4/c1-6-8(15)3-2-7-11(6)14(21)17(13(7)20)9-4-5-10(18)16-12(9)19/h2-3,9H,4-5H2,1H3,(H,16,18,19). The predicted molar refractivity (Wildman–Crippen MR) is 67.8 cm³/mol. The SMILES string of the molecule is Cc1c(F)ccc2c1C(=O)N(C1CCC(=O)NC1=O)C2=O. The van der Waals surface area contributed by atoms with E-state index in [2.05, 4.69) is 5.32 Å². The van der Waals surface area contributed by atoms with Crippen LogP contribution in [0.5, 0.6) is 0 Å². The summed E-state index contributed by atoms with van der Waals surface area (Å²) in [5, 5.41) is 2.10. The van der Waals surface area contributed by atoms with Crippen LogP contribution in [0, 0.1) is 12.7 Å². The zero-order chi connectivity index (χ0) is 15.3. The van der Waals surface area contributed by atoms with Gasteiger partial charge in [-0.1, -0.05) is 0 Å². The summed E-state index contributed by atoms with van der Waals surface area (Å²) in [7, 11) is 0. The fourth-order valence-electron chi connectivity index (χ4n) is 2.69. The van der Waals surface area contributed by atoms with E-state index in [1.165, 1.54) is 13.0 Å². The summed E-state index contributed by atoms with van der Waals surface area (Å²) in [5.74, 6) is -3.02. The third-order valence-electron chi connectivity index (χ3n) is 3.80. The zero-order valence-electron chi connectivity index (χ0n) is 11.1. The number of fused-ring (bicyclic) bond motifs is 1. The Morgan fingerprint density at radius 2 is 1.90 bits per heavy atom. The summed E-state index contributed by atoms with van der Waals surface area (Å²) in [5.41, 5.74) is 0.161. The van der Waals surface area contributed by atoms with E-state index in [0.29, 0.717) is 0 Å². The number of rotatable bonds is 1. The predicted octanol–water partition coefficient (Wildman–Crippen LogP) is 0.535. The van der Waals surface area contributed by atoms with E-state index in [4.69, 9.17) is 0 Å². The van der Waals surface area contributed by atoms with Gasteiger partial charge in [0.05, 0.1) is 11.1 Å². The van der Waals surface area contributed by atoms with Crippen LogP contribution in [-0.4, -0.2) is 34.6 Å². The monoisotopic (exact) mass is 290 g/mol. The Labute approximate surface area is 118 Å². The Morgan fingerprint density at radius 1 is 1.19 bits per heavy atom. The lowest BCUT2D eigenvalue weighted by Gasteiger charge is -2.27.